The number of methoxy groups -OCH3 is 1. The van der Waals surface area contributed by atoms with Crippen LogP contribution in [0.2, 0.25) is 10.0 Å². The van der Waals surface area contributed by atoms with E-state index in [0.29, 0.717) is 49.5 Å². The van der Waals surface area contributed by atoms with Crippen LogP contribution >= 0.6 is 47.2 Å². The molecule has 1 saturated heterocycles. The second-order valence-corrected chi connectivity index (χ2v) is 7.59. The normalized spacial score (nSPS) is 16.3. The lowest BCUT2D eigenvalue weighted by Gasteiger charge is -2.12. The van der Waals surface area contributed by atoms with E-state index in [1.807, 2.05) is 6.07 Å². The van der Waals surface area contributed by atoms with Gasteiger partial charge in [-0.3, -0.25) is 9.69 Å². The third kappa shape index (κ3) is 3.93. The van der Waals surface area contributed by atoms with E-state index >= 15 is 0 Å². The highest BCUT2D eigenvalue weighted by Crippen LogP contribution is 2.36. The Labute approximate surface area is 164 Å². The van der Waals surface area contributed by atoms with Gasteiger partial charge in [0.25, 0.3) is 5.91 Å². The summed E-state index contributed by atoms with van der Waals surface area (Å²) in [4.78, 5) is 14.4. The van der Waals surface area contributed by atoms with Crippen molar-refractivity contribution in [2.75, 3.05) is 20.3 Å². The molecule has 130 valence electrons. The van der Waals surface area contributed by atoms with Crippen LogP contribution < -0.4 is 0 Å². The van der Waals surface area contributed by atoms with E-state index in [1.165, 1.54) is 16.7 Å². The third-order valence-electron chi connectivity index (χ3n) is 3.51. The number of carbonyl (C=O) groups is 1. The number of rotatable bonds is 5. The van der Waals surface area contributed by atoms with Crippen molar-refractivity contribution in [2.45, 2.75) is 0 Å². The van der Waals surface area contributed by atoms with Crippen molar-refractivity contribution >= 4 is 63.5 Å². The first-order valence-corrected chi connectivity index (χ1v) is 9.28. The Bertz CT molecular complexity index is 863. The molecule has 0 atom stereocenters. The smallest absolute Gasteiger partial charge is 0.266 e. The highest BCUT2D eigenvalue weighted by atomic mass is 35.5. The zero-order chi connectivity index (χ0) is 18.0. The van der Waals surface area contributed by atoms with E-state index in [2.05, 4.69) is 0 Å². The maximum absolute atomic E-state index is 12.4. The predicted molar refractivity (Wildman–Crippen MR) is 106 cm³/mol. The molecule has 1 aliphatic heterocycles. The Kier molecular flexibility index (Phi) is 5.86. The van der Waals surface area contributed by atoms with Gasteiger partial charge in [-0.05, 0) is 24.3 Å². The van der Waals surface area contributed by atoms with Crippen LogP contribution in [0.5, 0.6) is 0 Å². The van der Waals surface area contributed by atoms with Gasteiger partial charge in [-0.15, -0.1) is 0 Å². The molecule has 1 aromatic carbocycles. The summed E-state index contributed by atoms with van der Waals surface area (Å²) in [5, 5.41) is 0.882. The monoisotopic (exact) mass is 413 g/mol. The molecule has 1 aromatic heterocycles. The number of thioether (sulfide) groups is 1. The number of nitrogens with zero attached hydrogens (tertiary/aromatic N) is 1. The summed E-state index contributed by atoms with van der Waals surface area (Å²) in [6.07, 6.45) is 1.67. The SMILES string of the molecule is COCCN1C(=O)/C(=C/c2ccc(-c3cccc(Cl)c3Cl)o2)SC1=S. The quantitative estimate of drug-likeness (QED) is 0.503. The molecule has 0 N–H and O–H groups in total. The van der Waals surface area contributed by atoms with Crippen LogP contribution in [-0.2, 0) is 9.53 Å². The van der Waals surface area contributed by atoms with Crippen LogP contribution in [0.25, 0.3) is 17.4 Å². The number of carbonyl (C=O) groups excluding carboxylic acids is 1. The Morgan fingerprint density at radius 1 is 1.32 bits per heavy atom. The molecule has 3 rings (SSSR count). The number of furan rings is 1. The molecule has 1 fully saturated rings. The fourth-order valence-electron chi connectivity index (χ4n) is 2.27. The molecule has 0 aliphatic carbocycles. The Hall–Kier alpha value is -1.31. The van der Waals surface area contributed by atoms with Gasteiger partial charge in [-0.2, -0.15) is 0 Å². The second-order valence-electron chi connectivity index (χ2n) is 5.13. The molecule has 0 spiro atoms. The average Bonchev–Trinajstić information content (AvgIpc) is 3.14. The summed E-state index contributed by atoms with van der Waals surface area (Å²) in [5.74, 6) is 0.970. The number of halogens is 2. The molecule has 1 amide bonds. The maximum atomic E-state index is 12.4. The summed E-state index contributed by atoms with van der Waals surface area (Å²) in [5.41, 5.74) is 0.696. The first-order chi connectivity index (χ1) is 12.0. The molecule has 8 heteroatoms. The van der Waals surface area contributed by atoms with Crippen LogP contribution in [0.4, 0.5) is 0 Å². The van der Waals surface area contributed by atoms with Gasteiger partial charge in [0.1, 0.15) is 15.8 Å². The molecular weight excluding hydrogens is 401 g/mol. The lowest BCUT2D eigenvalue weighted by molar-refractivity contribution is -0.122. The van der Waals surface area contributed by atoms with Crippen molar-refractivity contribution in [3.63, 3.8) is 0 Å². The second kappa shape index (κ2) is 7.93. The Morgan fingerprint density at radius 3 is 2.88 bits per heavy atom. The van der Waals surface area contributed by atoms with Crippen LogP contribution in [0, 0.1) is 0 Å². The minimum atomic E-state index is -0.147. The molecule has 25 heavy (non-hydrogen) atoms. The lowest BCUT2D eigenvalue weighted by Crippen LogP contribution is -2.31. The number of hydrogen-bond donors (Lipinski definition) is 0. The fraction of sp³-hybridized carbons (Fsp3) is 0.176. The van der Waals surface area contributed by atoms with Crippen molar-refractivity contribution < 1.29 is 13.9 Å². The third-order valence-corrected chi connectivity index (χ3v) is 5.71. The van der Waals surface area contributed by atoms with Crippen molar-refractivity contribution in [3.05, 3.63) is 51.0 Å². The minimum absolute atomic E-state index is 0.147. The van der Waals surface area contributed by atoms with E-state index in [1.54, 1.807) is 37.5 Å². The molecule has 0 radical (unpaired) electrons. The van der Waals surface area contributed by atoms with Crippen molar-refractivity contribution in [1.29, 1.82) is 0 Å². The standard InChI is InChI=1S/C17H13Cl2NO3S2/c1-22-8-7-20-16(21)14(25-17(20)24)9-10-5-6-13(23-10)11-3-2-4-12(18)15(11)19/h2-6,9H,7-8H2,1H3/b14-9-. The van der Waals surface area contributed by atoms with Gasteiger partial charge >= 0.3 is 0 Å². The summed E-state index contributed by atoms with van der Waals surface area (Å²) < 4.78 is 11.3. The van der Waals surface area contributed by atoms with Gasteiger partial charge in [0.05, 0.1) is 28.1 Å². The molecule has 2 aromatic rings. The average molecular weight is 414 g/mol. The Morgan fingerprint density at radius 2 is 2.12 bits per heavy atom. The summed E-state index contributed by atoms with van der Waals surface area (Å²) in [7, 11) is 1.58. The molecular formula is C17H13Cl2NO3S2. The van der Waals surface area contributed by atoms with Gasteiger partial charge in [-0.25, -0.2) is 0 Å². The number of benzene rings is 1. The van der Waals surface area contributed by atoms with Gasteiger partial charge in [0.2, 0.25) is 0 Å². The number of amides is 1. The number of ether oxygens (including phenoxy) is 1. The lowest BCUT2D eigenvalue weighted by atomic mass is 10.2. The van der Waals surface area contributed by atoms with E-state index in [9.17, 15) is 4.79 Å². The summed E-state index contributed by atoms with van der Waals surface area (Å²) in [6.45, 7) is 0.859. The zero-order valence-electron chi connectivity index (χ0n) is 13.1. The first-order valence-electron chi connectivity index (χ1n) is 7.30. The molecule has 0 unspecified atom stereocenters. The van der Waals surface area contributed by atoms with E-state index in [0.717, 1.165) is 0 Å². The molecule has 0 saturated carbocycles. The van der Waals surface area contributed by atoms with Gasteiger partial charge in [0, 0.05) is 18.7 Å². The fourth-order valence-corrected chi connectivity index (χ4v) is 3.96. The van der Waals surface area contributed by atoms with Crippen molar-refractivity contribution in [3.8, 4) is 11.3 Å². The molecule has 4 nitrogen and oxygen atoms in total. The summed E-state index contributed by atoms with van der Waals surface area (Å²) >= 11 is 18.7. The Balaban J connectivity index is 1.84. The van der Waals surface area contributed by atoms with Crippen LogP contribution in [0.15, 0.2) is 39.7 Å². The van der Waals surface area contributed by atoms with E-state index < -0.39 is 0 Å². The first kappa shape index (κ1) is 18.5. The highest BCUT2D eigenvalue weighted by molar-refractivity contribution is 8.26. The van der Waals surface area contributed by atoms with E-state index in [-0.39, 0.29) is 5.91 Å². The van der Waals surface area contributed by atoms with Gasteiger partial charge in [0.15, 0.2) is 0 Å². The number of hydrogen-bond acceptors (Lipinski definition) is 5. The zero-order valence-corrected chi connectivity index (χ0v) is 16.3. The van der Waals surface area contributed by atoms with Gasteiger partial charge in [-0.1, -0.05) is 53.2 Å². The highest BCUT2D eigenvalue weighted by Gasteiger charge is 2.31. The largest absolute Gasteiger partial charge is 0.457 e. The minimum Gasteiger partial charge on any atom is -0.457 e. The van der Waals surface area contributed by atoms with Crippen molar-refractivity contribution in [2.24, 2.45) is 0 Å². The predicted octanol–water partition coefficient (Wildman–Crippen LogP) is 5.10. The van der Waals surface area contributed by atoms with Crippen LogP contribution in [0.1, 0.15) is 5.76 Å². The van der Waals surface area contributed by atoms with Crippen LogP contribution in [0.3, 0.4) is 0 Å². The topological polar surface area (TPSA) is 42.7 Å². The summed E-state index contributed by atoms with van der Waals surface area (Å²) in [6, 6.07) is 8.89. The van der Waals surface area contributed by atoms with E-state index in [4.69, 9.17) is 44.6 Å². The van der Waals surface area contributed by atoms with Crippen LogP contribution in [-0.4, -0.2) is 35.4 Å². The number of thiocarbonyl (C=S) groups is 1. The van der Waals surface area contributed by atoms with Crippen molar-refractivity contribution in [1.82, 2.24) is 4.90 Å². The molecule has 2 heterocycles. The van der Waals surface area contributed by atoms with Gasteiger partial charge < -0.3 is 9.15 Å². The maximum Gasteiger partial charge on any atom is 0.266 e. The molecule has 1 aliphatic rings. The molecule has 0 bridgehead atoms.